The van der Waals surface area contributed by atoms with Gasteiger partial charge in [0, 0.05) is 25.6 Å². The van der Waals surface area contributed by atoms with Crippen LogP contribution < -0.4 is 10.6 Å². The van der Waals surface area contributed by atoms with Crippen LogP contribution in [-0.4, -0.2) is 42.5 Å². The quantitative estimate of drug-likeness (QED) is 0.886. The number of hydrogen-bond acceptors (Lipinski definition) is 2. The highest BCUT2D eigenvalue weighted by Crippen LogP contribution is 2.45. The average Bonchev–Trinajstić information content (AvgIpc) is 3.16. The highest BCUT2D eigenvalue weighted by atomic mass is 35.5. The van der Waals surface area contributed by atoms with Crippen LogP contribution in [0.3, 0.4) is 0 Å². The summed E-state index contributed by atoms with van der Waals surface area (Å²) in [5.41, 5.74) is 0.955. The lowest BCUT2D eigenvalue weighted by Crippen LogP contribution is -2.46. The van der Waals surface area contributed by atoms with Crippen LogP contribution >= 0.6 is 23.2 Å². The predicted octanol–water partition coefficient (Wildman–Crippen LogP) is 2.38. The molecule has 1 saturated heterocycles. The molecule has 0 unspecified atom stereocenters. The van der Waals surface area contributed by atoms with Gasteiger partial charge in [-0.2, -0.15) is 0 Å². The normalized spacial score (nSPS) is 27.0. The Balaban J connectivity index is 1.54. The second kappa shape index (κ2) is 5.97. The number of rotatable bonds is 3. The van der Waals surface area contributed by atoms with Crippen LogP contribution in [0.5, 0.6) is 0 Å². The largest absolute Gasteiger partial charge is 0.344 e. The zero-order valence-corrected chi connectivity index (χ0v) is 13.6. The zero-order valence-electron chi connectivity index (χ0n) is 12.1. The van der Waals surface area contributed by atoms with Crippen LogP contribution in [0.1, 0.15) is 24.3 Å². The number of carbonyl (C=O) groups is 2. The van der Waals surface area contributed by atoms with E-state index in [-0.39, 0.29) is 23.9 Å². The lowest BCUT2D eigenvalue weighted by atomic mass is 10.1. The lowest BCUT2D eigenvalue weighted by molar-refractivity contribution is -0.128. The van der Waals surface area contributed by atoms with E-state index in [2.05, 4.69) is 10.6 Å². The second-order valence-electron chi connectivity index (χ2n) is 5.81. The van der Waals surface area contributed by atoms with Gasteiger partial charge in [-0.05, 0) is 24.5 Å². The monoisotopic (exact) mass is 341 g/mol. The topological polar surface area (TPSA) is 61.4 Å². The van der Waals surface area contributed by atoms with Gasteiger partial charge >= 0.3 is 6.03 Å². The highest BCUT2D eigenvalue weighted by molar-refractivity contribution is 6.42. The molecule has 2 aliphatic rings. The van der Waals surface area contributed by atoms with Crippen LogP contribution in [0, 0.1) is 0 Å². The van der Waals surface area contributed by atoms with E-state index < -0.39 is 6.04 Å². The molecule has 5 nitrogen and oxygen atoms in total. The molecule has 1 saturated carbocycles. The Bertz CT molecular complexity index is 623. The summed E-state index contributed by atoms with van der Waals surface area (Å²) in [7, 11) is 1.74. The van der Waals surface area contributed by atoms with Crippen LogP contribution in [0.4, 0.5) is 4.79 Å². The first-order chi connectivity index (χ1) is 10.5. The Labute approximate surface area is 138 Å². The summed E-state index contributed by atoms with van der Waals surface area (Å²) >= 11 is 12.2. The molecule has 22 heavy (non-hydrogen) atoms. The summed E-state index contributed by atoms with van der Waals surface area (Å²) in [4.78, 5) is 25.4. The van der Waals surface area contributed by atoms with Crippen molar-refractivity contribution in [3.8, 4) is 0 Å². The number of likely N-dealkylation sites (tertiary alicyclic amines) is 1. The van der Waals surface area contributed by atoms with Crippen molar-refractivity contribution in [1.29, 1.82) is 0 Å². The van der Waals surface area contributed by atoms with E-state index in [4.69, 9.17) is 23.2 Å². The number of carbonyl (C=O) groups excluding carboxylic acids is 2. The molecule has 1 aromatic carbocycles. The van der Waals surface area contributed by atoms with E-state index >= 15 is 0 Å². The van der Waals surface area contributed by atoms with Crippen LogP contribution in [0.25, 0.3) is 0 Å². The number of halogens is 2. The van der Waals surface area contributed by atoms with Crippen molar-refractivity contribution in [3.05, 3.63) is 33.8 Å². The smallest absolute Gasteiger partial charge is 0.315 e. The van der Waals surface area contributed by atoms with Crippen LogP contribution in [0.15, 0.2) is 18.2 Å². The van der Waals surface area contributed by atoms with Gasteiger partial charge in [-0.1, -0.05) is 35.3 Å². The summed E-state index contributed by atoms with van der Waals surface area (Å²) < 4.78 is 0. The molecule has 2 fully saturated rings. The molecular weight excluding hydrogens is 325 g/mol. The predicted molar refractivity (Wildman–Crippen MR) is 85.3 cm³/mol. The van der Waals surface area contributed by atoms with Gasteiger partial charge < -0.3 is 15.5 Å². The molecule has 2 N–H and O–H groups in total. The Morgan fingerprint density at radius 2 is 2.09 bits per heavy atom. The van der Waals surface area contributed by atoms with Crippen molar-refractivity contribution in [2.75, 3.05) is 13.6 Å². The lowest BCUT2D eigenvalue weighted by Gasteiger charge is -2.13. The SMILES string of the molecule is CN1CC[C@H](NC(=O)N[C@@H]2C[C@@H]2c2cccc(Cl)c2Cl)C1=O. The molecule has 7 heteroatoms. The number of likely N-dealkylation sites (N-methyl/N-ethyl adjacent to an activating group) is 1. The highest BCUT2D eigenvalue weighted by Gasteiger charge is 2.41. The fourth-order valence-corrected chi connectivity index (χ4v) is 3.28. The summed E-state index contributed by atoms with van der Waals surface area (Å²) in [6, 6.07) is 4.83. The summed E-state index contributed by atoms with van der Waals surface area (Å²) in [5, 5.41) is 6.69. The molecule has 1 aliphatic carbocycles. The molecule has 3 atom stereocenters. The van der Waals surface area contributed by atoms with Crippen molar-refractivity contribution in [1.82, 2.24) is 15.5 Å². The van der Waals surface area contributed by atoms with Gasteiger partial charge in [-0.25, -0.2) is 4.79 Å². The third kappa shape index (κ3) is 3.01. The fraction of sp³-hybridized carbons (Fsp3) is 0.467. The molecule has 0 aromatic heterocycles. The Morgan fingerprint density at radius 3 is 2.77 bits per heavy atom. The number of amides is 3. The van der Waals surface area contributed by atoms with Crippen LogP contribution in [0.2, 0.25) is 10.0 Å². The maximum absolute atomic E-state index is 12.0. The first kappa shape index (κ1) is 15.4. The summed E-state index contributed by atoms with van der Waals surface area (Å²) in [6.45, 7) is 0.675. The minimum atomic E-state index is -0.419. The fourth-order valence-electron chi connectivity index (χ4n) is 2.83. The van der Waals surface area contributed by atoms with Crippen molar-refractivity contribution in [2.24, 2.45) is 0 Å². The van der Waals surface area contributed by atoms with E-state index in [1.54, 1.807) is 18.0 Å². The molecule has 1 aromatic rings. The Morgan fingerprint density at radius 1 is 1.32 bits per heavy atom. The number of nitrogens with zero attached hydrogens (tertiary/aromatic N) is 1. The summed E-state index contributed by atoms with van der Waals surface area (Å²) in [6.07, 6.45) is 1.48. The van der Waals surface area contributed by atoms with Gasteiger partial charge in [-0.3, -0.25) is 4.79 Å². The molecule has 0 radical (unpaired) electrons. The zero-order chi connectivity index (χ0) is 15.9. The third-order valence-corrected chi connectivity index (χ3v) is 5.05. The number of urea groups is 1. The van der Waals surface area contributed by atoms with Crippen molar-refractivity contribution in [3.63, 3.8) is 0 Å². The van der Waals surface area contributed by atoms with Gasteiger partial charge in [0.25, 0.3) is 0 Å². The molecular formula is C15H17Cl2N3O2. The maximum atomic E-state index is 12.0. The molecule has 1 heterocycles. The molecule has 3 rings (SSSR count). The van der Waals surface area contributed by atoms with Gasteiger partial charge in [0.15, 0.2) is 0 Å². The second-order valence-corrected chi connectivity index (χ2v) is 6.60. The van der Waals surface area contributed by atoms with E-state index in [1.165, 1.54) is 0 Å². The molecule has 0 bridgehead atoms. The molecule has 118 valence electrons. The van der Waals surface area contributed by atoms with Crippen LogP contribution in [-0.2, 0) is 4.79 Å². The maximum Gasteiger partial charge on any atom is 0.315 e. The van der Waals surface area contributed by atoms with Crippen molar-refractivity contribution in [2.45, 2.75) is 30.8 Å². The van der Waals surface area contributed by atoms with Gasteiger partial charge in [0.1, 0.15) is 6.04 Å². The Kier molecular flexibility index (Phi) is 4.19. The minimum Gasteiger partial charge on any atom is -0.344 e. The van der Waals surface area contributed by atoms with E-state index in [9.17, 15) is 9.59 Å². The van der Waals surface area contributed by atoms with Gasteiger partial charge in [0.05, 0.1) is 10.0 Å². The molecule has 1 aliphatic heterocycles. The number of benzene rings is 1. The first-order valence-electron chi connectivity index (χ1n) is 7.23. The minimum absolute atomic E-state index is 0.0326. The van der Waals surface area contributed by atoms with E-state index in [0.717, 1.165) is 12.0 Å². The van der Waals surface area contributed by atoms with Gasteiger partial charge in [0.2, 0.25) is 5.91 Å². The van der Waals surface area contributed by atoms with Crippen molar-refractivity contribution < 1.29 is 9.59 Å². The third-order valence-electron chi connectivity index (χ3n) is 4.22. The molecule has 0 spiro atoms. The average molecular weight is 342 g/mol. The first-order valence-corrected chi connectivity index (χ1v) is 7.99. The van der Waals surface area contributed by atoms with Gasteiger partial charge in [-0.15, -0.1) is 0 Å². The number of hydrogen-bond donors (Lipinski definition) is 2. The van der Waals surface area contributed by atoms with E-state index in [0.29, 0.717) is 23.0 Å². The standard InChI is InChI=1S/C15H17Cl2N3O2/c1-20-6-5-11(14(20)21)18-15(22)19-12-7-9(12)8-3-2-4-10(16)13(8)17/h2-4,9,11-12H,5-7H2,1H3,(H2,18,19,22)/t9-,11+,12-/m1/s1. The summed E-state index contributed by atoms with van der Waals surface area (Å²) in [5.74, 6) is 0.138. The molecule has 3 amide bonds. The van der Waals surface area contributed by atoms with Crippen molar-refractivity contribution >= 4 is 35.1 Å². The van der Waals surface area contributed by atoms with E-state index in [1.807, 2.05) is 12.1 Å². The Hall–Kier alpha value is -1.46. The number of nitrogens with one attached hydrogen (secondary N) is 2.